The Balaban J connectivity index is 0.00000205. The van der Waals surface area contributed by atoms with Gasteiger partial charge in [-0.15, -0.1) is 0 Å². The molecule has 39 heavy (non-hydrogen) atoms. The van der Waals surface area contributed by atoms with Crippen molar-refractivity contribution in [1.82, 2.24) is 4.90 Å². The summed E-state index contributed by atoms with van der Waals surface area (Å²) in [6, 6.07) is 7.46. The summed E-state index contributed by atoms with van der Waals surface area (Å²) in [6.07, 6.45) is -4.61. The highest BCUT2D eigenvalue weighted by Gasteiger charge is 2.62. The zero-order chi connectivity index (χ0) is 29.4. The quantitative estimate of drug-likeness (QED) is 0.402. The van der Waals surface area contributed by atoms with Crippen molar-refractivity contribution in [3.05, 3.63) is 69.5 Å². The third-order valence-corrected chi connectivity index (χ3v) is 7.54. The van der Waals surface area contributed by atoms with Crippen LogP contribution in [0.15, 0.2) is 41.6 Å². The monoisotopic (exact) mass is 594 g/mol. The number of nitrogens with zero attached hydrogens (tertiary/aromatic N) is 2. The molecule has 0 saturated carbocycles. The van der Waals surface area contributed by atoms with E-state index in [0.717, 1.165) is 23.3 Å². The summed E-state index contributed by atoms with van der Waals surface area (Å²) in [5, 5.41) is 3.20. The van der Waals surface area contributed by atoms with E-state index in [9.17, 15) is 30.8 Å². The van der Waals surface area contributed by atoms with Crippen LogP contribution in [0.4, 0.5) is 22.0 Å². The molecule has 214 valence electrons. The minimum Gasteiger partial charge on any atom is -0.374 e. The fraction of sp³-hybridized carbons (Fsp3) is 0.462. The largest absolute Gasteiger partial charge is 0.435 e. The number of amides is 1. The first-order valence-electron chi connectivity index (χ1n) is 12.1. The Hall–Kier alpha value is -2.73. The molecule has 0 aliphatic carbocycles. The molecule has 2 aromatic rings. The lowest BCUT2D eigenvalue weighted by Gasteiger charge is -2.44. The number of rotatable bonds is 6. The maximum atomic E-state index is 15.2. The number of sulfone groups is 1. The number of carbonyl (C=O) groups excluding carboxylic acids is 1. The smallest absolute Gasteiger partial charge is 0.374 e. The Morgan fingerprint density at radius 3 is 2.23 bits per heavy atom. The lowest BCUT2D eigenvalue weighted by molar-refractivity contribution is -0.275. The second-order valence-electron chi connectivity index (χ2n) is 9.28. The molecule has 0 radical (unpaired) electrons. The number of aryl methyl sites for hydroxylation is 1. The molecule has 2 aliphatic rings. The summed E-state index contributed by atoms with van der Waals surface area (Å²) in [4.78, 5) is 18.0. The predicted octanol–water partition coefficient (Wildman–Crippen LogP) is 5.70. The molecule has 2 heterocycles. The third-order valence-electron chi connectivity index (χ3n) is 6.49. The van der Waals surface area contributed by atoms with Crippen LogP contribution >= 0.6 is 11.6 Å². The predicted molar refractivity (Wildman–Crippen MR) is 138 cm³/mol. The second kappa shape index (κ2) is 11.0. The first-order chi connectivity index (χ1) is 18.1. The van der Waals surface area contributed by atoms with Crippen LogP contribution in [0, 0.1) is 5.82 Å². The van der Waals surface area contributed by atoms with Gasteiger partial charge in [0.25, 0.3) is 5.60 Å². The zero-order valence-electron chi connectivity index (χ0n) is 21.7. The Morgan fingerprint density at radius 2 is 1.72 bits per heavy atom. The molecule has 1 fully saturated rings. The topological polar surface area (TPSA) is 76.0 Å². The number of alkyl halides is 4. The third kappa shape index (κ3) is 6.06. The first kappa shape index (κ1) is 30.8. The molecule has 0 bridgehead atoms. The maximum Gasteiger partial charge on any atom is 0.435 e. The molecule has 0 N–H and O–H groups in total. The Bertz CT molecular complexity index is 1370. The van der Waals surface area contributed by atoms with Crippen molar-refractivity contribution < 1.29 is 40.0 Å². The van der Waals surface area contributed by atoms with Gasteiger partial charge in [-0.25, -0.2) is 17.2 Å². The fourth-order valence-electron chi connectivity index (χ4n) is 4.39. The number of hydrogen-bond acceptors (Lipinski definition) is 5. The highest BCUT2D eigenvalue weighted by atomic mass is 35.5. The van der Waals surface area contributed by atoms with E-state index in [1.54, 1.807) is 6.92 Å². The van der Waals surface area contributed by atoms with Gasteiger partial charge in [-0.3, -0.25) is 4.79 Å². The van der Waals surface area contributed by atoms with E-state index in [4.69, 9.17) is 16.4 Å². The lowest BCUT2D eigenvalue weighted by Crippen LogP contribution is -2.59. The molecule has 0 unspecified atom stereocenters. The van der Waals surface area contributed by atoms with E-state index in [1.165, 1.54) is 24.3 Å². The molecule has 2 aliphatic heterocycles. The fourth-order valence-corrected chi connectivity index (χ4v) is 5.26. The van der Waals surface area contributed by atoms with Gasteiger partial charge in [-0.1, -0.05) is 61.8 Å². The number of oxime groups is 1. The van der Waals surface area contributed by atoms with Crippen LogP contribution in [0.3, 0.4) is 0 Å². The molecule has 0 aromatic heterocycles. The van der Waals surface area contributed by atoms with Gasteiger partial charge in [0.05, 0.1) is 23.8 Å². The Labute approximate surface area is 228 Å². The van der Waals surface area contributed by atoms with E-state index in [-0.39, 0.29) is 47.5 Å². The molecule has 1 amide bonds. The molecule has 0 spiro atoms. The molecule has 4 rings (SSSR count). The maximum absolute atomic E-state index is 15.2. The number of benzene rings is 2. The second-order valence-corrected chi connectivity index (χ2v) is 11.8. The summed E-state index contributed by atoms with van der Waals surface area (Å²) in [5.41, 5.74) is -4.78. The van der Waals surface area contributed by atoms with Crippen molar-refractivity contribution in [2.45, 2.75) is 51.1 Å². The number of likely N-dealkylation sites (tertiary alicyclic amines) is 1. The zero-order valence-corrected chi connectivity index (χ0v) is 23.3. The van der Waals surface area contributed by atoms with Crippen molar-refractivity contribution in [2.75, 3.05) is 25.1 Å². The van der Waals surface area contributed by atoms with Crippen LogP contribution in [-0.4, -0.2) is 56.2 Å². The highest BCUT2D eigenvalue weighted by molar-refractivity contribution is 7.91. The van der Waals surface area contributed by atoms with Crippen LogP contribution < -0.4 is 0 Å². The number of halogens is 6. The highest BCUT2D eigenvalue weighted by Crippen LogP contribution is 2.50. The minimum atomic E-state index is -4.92. The number of hydrogen-bond donors (Lipinski definition) is 0. The normalized spacial score (nSPS) is 20.4. The average molecular weight is 595 g/mol. The Kier molecular flexibility index (Phi) is 8.72. The summed E-state index contributed by atoms with van der Waals surface area (Å²) in [7, 11) is -3.56. The van der Waals surface area contributed by atoms with E-state index in [2.05, 4.69) is 5.16 Å². The molecule has 2 aromatic carbocycles. The lowest BCUT2D eigenvalue weighted by atomic mass is 9.84. The molecule has 13 heteroatoms. The van der Waals surface area contributed by atoms with Crippen LogP contribution in [0.5, 0.6) is 0 Å². The molecule has 1 atom stereocenters. The van der Waals surface area contributed by atoms with Gasteiger partial charge in [0, 0.05) is 18.2 Å². The van der Waals surface area contributed by atoms with Crippen LogP contribution in [0.25, 0.3) is 0 Å². The number of carbonyl (C=O) groups is 1. The van der Waals surface area contributed by atoms with Crippen LogP contribution in [0.1, 0.15) is 49.4 Å². The first-order valence-corrected chi connectivity index (χ1v) is 14.6. The van der Waals surface area contributed by atoms with Crippen molar-refractivity contribution >= 4 is 33.1 Å². The minimum absolute atomic E-state index is 0.00494. The van der Waals surface area contributed by atoms with Gasteiger partial charge >= 0.3 is 6.18 Å². The summed E-state index contributed by atoms with van der Waals surface area (Å²) in [6.45, 7) is 4.90. The standard InChI is InChI=1S/C24H22ClF5N2O4S.C2H6/c1-3-14-8-17(9-18(25)21(14)26)23(24(28,29)30)10-19(31-36-23)15-4-6-16(7-5-15)22(27)12-32(13-22)20(33)11-37(2,34)35;1-2/h4-9H,3,10-13H2,1-2H3;1-2H3/t23-;/m0./s1. The van der Waals surface area contributed by atoms with Crippen molar-refractivity contribution in [2.24, 2.45) is 5.16 Å². The SMILES string of the molecule is CC.CCc1cc([C@]2(C(F)(F)F)CC(c3ccc(C4(F)CN(C(=O)CS(C)(=O)=O)C4)cc3)=NO2)cc(Cl)c1F. The molecule has 6 nitrogen and oxygen atoms in total. The Morgan fingerprint density at radius 1 is 1.13 bits per heavy atom. The van der Waals surface area contributed by atoms with Gasteiger partial charge in [0.1, 0.15) is 11.6 Å². The van der Waals surface area contributed by atoms with E-state index < -0.39 is 56.2 Å². The summed E-state index contributed by atoms with van der Waals surface area (Å²) >= 11 is 5.86. The van der Waals surface area contributed by atoms with Gasteiger partial charge < -0.3 is 9.74 Å². The van der Waals surface area contributed by atoms with Crippen molar-refractivity contribution in [3.8, 4) is 0 Å². The average Bonchev–Trinajstić information content (AvgIpc) is 3.31. The molecule has 1 saturated heterocycles. The summed E-state index contributed by atoms with van der Waals surface area (Å²) in [5.74, 6) is -2.23. The molecular weight excluding hydrogens is 567 g/mol. The van der Waals surface area contributed by atoms with Gasteiger partial charge in [-0.2, -0.15) is 13.2 Å². The van der Waals surface area contributed by atoms with Gasteiger partial charge in [0.15, 0.2) is 15.5 Å². The van der Waals surface area contributed by atoms with E-state index >= 15 is 4.39 Å². The van der Waals surface area contributed by atoms with Crippen LogP contribution in [0.2, 0.25) is 5.02 Å². The summed E-state index contributed by atoms with van der Waals surface area (Å²) < 4.78 is 94.8. The molecular formula is C26H28ClF5N2O4S. The van der Waals surface area contributed by atoms with Gasteiger partial charge in [-0.05, 0) is 35.2 Å². The van der Waals surface area contributed by atoms with Crippen molar-refractivity contribution in [1.29, 1.82) is 0 Å². The van der Waals surface area contributed by atoms with Crippen LogP contribution in [-0.2, 0) is 37.2 Å². The van der Waals surface area contributed by atoms with E-state index in [0.29, 0.717) is 0 Å². The van der Waals surface area contributed by atoms with Crippen molar-refractivity contribution in [3.63, 3.8) is 0 Å². The van der Waals surface area contributed by atoms with E-state index in [1.807, 2.05) is 13.8 Å². The van der Waals surface area contributed by atoms with Gasteiger partial charge in [0.2, 0.25) is 5.91 Å².